The summed E-state index contributed by atoms with van der Waals surface area (Å²) < 4.78 is 5.71. The van der Waals surface area contributed by atoms with E-state index in [9.17, 15) is 4.79 Å². The van der Waals surface area contributed by atoms with Crippen LogP contribution in [0.3, 0.4) is 0 Å². The highest BCUT2D eigenvalue weighted by Gasteiger charge is 2.18. The number of carbonyl (C=O) groups is 1. The number of nitrogens with one attached hydrogen (secondary N) is 2. The Morgan fingerprint density at radius 2 is 2.00 bits per heavy atom. The molecule has 0 fully saturated rings. The van der Waals surface area contributed by atoms with Crippen LogP contribution in [0.2, 0.25) is 0 Å². The predicted octanol–water partition coefficient (Wildman–Crippen LogP) is 4.64. The Bertz CT molecular complexity index is 909. The second-order valence-electron chi connectivity index (χ2n) is 6.53. The quantitative estimate of drug-likeness (QED) is 0.699. The van der Waals surface area contributed by atoms with Crippen LogP contribution in [0.4, 0.5) is 15.6 Å². The highest BCUT2D eigenvalue weighted by molar-refractivity contribution is 7.16. The van der Waals surface area contributed by atoms with E-state index in [4.69, 9.17) is 4.42 Å². The van der Waals surface area contributed by atoms with E-state index in [1.165, 1.54) is 11.3 Å². The van der Waals surface area contributed by atoms with Gasteiger partial charge in [-0.25, -0.2) is 14.8 Å². The number of pyridine rings is 1. The molecule has 0 spiro atoms. The number of anilines is 2. The Morgan fingerprint density at radius 1 is 1.15 bits per heavy atom. The summed E-state index contributed by atoms with van der Waals surface area (Å²) in [4.78, 5) is 25.2. The van der Waals surface area contributed by atoms with Gasteiger partial charge in [-0.15, -0.1) is 0 Å². The molecule has 7 nitrogen and oxygen atoms in total. The van der Waals surface area contributed by atoms with Gasteiger partial charge >= 0.3 is 6.03 Å². The van der Waals surface area contributed by atoms with Gasteiger partial charge in [-0.2, -0.15) is 0 Å². The van der Waals surface area contributed by atoms with Gasteiger partial charge in [0.2, 0.25) is 5.89 Å². The van der Waals surface area contributed by atoms with Crippen molar-refractivity contribution in [3.05, 3.63) is 53.4 Å². The fourth-order valence-corrected chi connectivity index (χ4v) is 2.70. The zero-order valence-electron chi connectivity index (χ0n) is 14.7. The normalized spacial score (nSPS) is 11.7. The molecule has 0 aliphatic heterocycles. The summed E-state index contributed by atoms with van der Waals surface area (Å²) in [5.41, 5.74) is 0.530. The minimum Gasteiger partial charge on any atom is -0.441 e. The SMILES string of the molecule is CC(C)(C)c1cnc(/C=C/c2cnc(NC(=O)Nc3cccnc3)s2)o1. The predicted molar refractivity (Wildman–Crippen MR) is 103 cm³/mol. The van der Waals surface area contributed by atoms with Crippen molar-refractivity contribution in [1.82, 2.24) is 15.0 Å². The van der Waals surface area contributed by atoms with Crippen LogP contribution in [0, 0.1) is 0 Å². The van der Waals surface area contributed by atoms with Crippen LogP contribution in [0.5, 0.6) is 0 Å². The molecule has 3 aromatic rings. The molecule has 0 aliphatic rings. The van der Waals surface area contributed by atoms with E-state index in [1.807, 2.05) is 6.08 Å². The maximum absolute atomic E-state index is 11.9. The van der Waals surface area contributed by atoms with Crippen molar-refractivity contribution in [1.29, 1.82) is 0 Å². The third-order valence-corrected chi connectivity index (χ3v) is 4.19. The summed E-state index contributed by atoms with van der Waals surface area (Å²) >= 11 is 1.35. The molecule has 0 bridgehead atoms. The molecule has 8 heteroatoms. The maximum Gasteiger partial charge on any atom is 0.325 e. The van der Waals surface area contributed by atoms with E-state index >= 15 is 0 Å². The summed E-state index contributed by atoms with van der Waals surface area (Å²) in [5.74, 6) is 1.36. The highest BCUT2D eigenvalue weighted by atomic mass is 32.1. The van der Waals surface area contributed by atoms with E-state index in [-0.39, 0.29) is 11.4 Å². The molecular formula is C18H19N5O2S. The highest BCUT2D eigenvalue weighted by Crippen LogP contribution is 2.24. The molecule has 3 heterocycles. The Kier molecular flexibility index (Phi) is 5.13. The van der Waals surface area contributed by atoms with Crippen molar-refractivity contribution >= 4 is 40.3 Å². The number of oxazole rings is 1. The lowest BCUT2D eigenvalue weighted by molar-refractivity contribution is 0.262. The average molecular weight is 369 g/mol. The molecule has 0 unspecified atom stereocenters. The standard InChI is InChI=1S/C18H19N5O2S/c1-18(2,3)14-11-20-15(25-14)7-6-13-10-21-17(26-13)23-16(24)22-12-5-4-8-19-9-12/h4-11H,1-3H3,(H2,21,22,23,24)/b7-6+. The van der Waals surface area contributed by atoms with Gasteiger partial charge in [-0.05, 0) is 18.2 Å². The van der Waals surface area contributed by atoms with Crippen molar-refractivity contribution in [3.63, 3.8) is 0 Å². The van der Waals surface area contributed by atoms with Crippen LogP contribution < -0.4 is 10.6 Å². The van der Waals surface area contributed by atoms with Gasteiger partial charge in [0.1, 0.15) is 5.76 Å². The van der Waals surface area contributed by atoms with Gasteiger partial charge in [0, 0.05) is 28.8 Å². The van der Waals surface area contributed by atoms with Crippen molar-refractivity contribution in [2.75, 3.05) is 10.6 Å². The molecule has 0 saturated carbocycles. The van der Waals surface area contributed by atoms with E-state index in [0.29, 0.717) is 16.7 Å². The van der Waals surface area contributed by atoms with Crippen LogP contribution in [0.15, 0.2) is 41.3 Å². The van der Waals surface area contributed by atoms with Crippen LogP contribution in [0.1, 0.15) is 37.3 Å². The molecule has 3 aromatic heterocycles. The van der Waals surface area contributed by atoms with Crippen LogP contribution >= 0.6 is 11.3 Å². The zero-order valence-corrected chi connectivity index (χ0v) is 15.5. The number of amides is 2. The first kappa shape index (κ1) is 17.8. The lowest BCUT2D eigenvalue weighted by Crippen LogP contribution is -2.19. The van der Waals surface area contributed by atoms with Crippen LogP contribution in [-0.4, -0.2) is 21.0 Å². The van der Waals surface area contributed by atoms with E-state index in [1.54, 1.807) is 43.0 Å². The minimum absolute atomic E-state index is 0.0810. The molecule has 0 atom stereocenters. The first-order chi connectivity index (χ1) is 12.4. The molecule has 0 radical (unpaired) electrons. The number of thiazole rings is 1. The Morgan fingerprint density at radius 3 is 2.69 bits per heavy atom. The summed E-state index contributed by atoms with van der Waals surface area (Å²) in [6, 6.07) is 3.13. The number of urea groups is 1. The Labute approximate surface area is 155 Å². The zero-order chi connectivity index (χ0) is 18.6. The van der Waals surface area contributed by atoms with Crippen molar-refractivity contribution in [2.24, 2.45) is 0 Å². The summed E-state index contributed by atoms with van der Waals surface area (Å²) in [6.07, 6.45) is 10.2. The van der Waals surface area contributed by atoms with Gasteiger partial charge in [-0.1, -0.05) is 32.1 Å². The molecule has 2 N–H and O–H groups in total. The van der Waals surface area contributed by atoms with Crippen LogP contribution in [-0.2, 0) is 5.41 Å². The molecule has 0 aliphatic carbocycles. The van der Waals surface area contributed by atoms with Gasteiger partial charge in [0.05, 0.1) is 18.1 Å². The number of rotatable bonds is 4. The monoisotopic (exact) mass is 369 g/mol. The molecule has 134 valence electrons. The number of carbonyl (C=O) groups excluding carboxylic acids is 1. The smallest absolute Gasteiger partial charge is 0.325 e. The van der Waals surface area contributed by atoms with Crippen molar-refractivity contribution < 1.29 is 9.21 Å². The summed E-state index contributed by atoms with van der Waals surface area (Å²) in [7, 11) is 0. The second kappa shape index (κ2) is 7.49. The largest absolute Gasteiger partial charge is 0.441 e. The molecule has 0 aromatic carbocycles. The third-order valence-electron chi connectivity index (χ3n) is 3.32. The number of aromatic nitrogens is 3. The first-order valence-electron chi connectivity index (χ1n) is 7.98. The molecule has 0 saturated heterocycles. The van der Waals surface area contributed by atoms with Gasteiger partial charge in [0.25, 0.3) is 0 Å². The van der Waals surface area contributed by atoms with Crippen LogP contribution in [0.25, 0.3) is 12.2 Å². The van der Waals surface area contributed by atoms with E-state index < -0.39 is 0 Å². The Hall–Kier alpha value is -3.00. The first-order valence-corrected chi connectivity index (χ1v) is 8.80. The van der Waals surface area contributed by atoms with Crippen molar-refractivity contribution in [2.45, 2.75) is 26.2 Å². The molecule has 26 heavy (non-hydrogen) atoms. The number of hydrogen-bond acceptors (Lipinski definition) is 6. The lowest BCUT2D eigenvalue weighted by Gasteiger charge is -2.12. The lowest BCUT2D eigenvalue weighted by atomic mass is 9.94. The van der Waals surface area contributed by atoms with E-state index in [2.05, 4.69) is 46.4 Å². The summed E-state index contributed by atoms with van der Waals surface area (Å²) in [5, 5.41) is 5.87. The summed E-state index contributed by atoms with van der Waals surface area (Å²) in [6.45, 7) is 6.20. The minimum atomic E-state index is -0.370. The Balaban J connectivity index is 1.59. The second-order valence-corrected chi connectivity index (χ2v) is 7.60. The van der Waals surface area contributed by atoms with Gasteiger partial charge in [0.15, 0.2) is 5.13 Å². The molecule has 2 amide bonds. The van der Waals surface area contributed by atoms with E-state index in [0.717, 1.165) is 10.6 Å². The average Bonchev–Trinajstić information content (AvgIpc) is 3.22. The molecule has 3 rings (SSSR count). The maximum atomic E-state index is 11.9. The van der Waals surface area contributed by atoms with Crippen molar-refractivity contribution in [3.8, 4) is 0 Å². The van der Waals surface area contributed by atoms with Gasteiger partial charge < -0.3 is 9.73 Å². The number of hydrogen-bond donors (Lipinski definition) is 2. The fraction of sp³-hybridized carbons (Fsp3) is 0.222. The molecular weight excluding hydrogens is 350 g/mol. The topological polar surface area (TPSA) is 92.9 Å². The third kappa shape index (κ3) is 4.76. The van der Waals surface area contributed by atoms with Gasteiger partial charge in [-0.3, -0.25) is 10.3 Å². The fourth-order valence-electron chi connectivity index (χ4n) is 1.98. The number of nitrogens with zero attached hydrogens (tertiary/aromatic N) is 3.